The van der Waals surface area contributed by atoms with Crippen molar-refractivity contribution in [2.24, 2.45) is 0 Å². The fraction of sp³-hybridized carbons (Fsp3) is 0.924. The van der Waals surface area contributed by atoms with Gasteiger partial charge in [0.2, 0.25) is 5.91 Å². The lowest BCUT2D eigenvalue weighted by molar-refractivity contribution is -0.132. The van der Waals surface area contributed by atoms with Gasteiger partial charge in [-0.2, -0.15) is 0 Å². The molecule has 0 aromatic heterocycles. The van der Waals surface area contributed by atoms with Crippen molar-refractivity contribution in [1.29, 1.82) is 0 Å². The van der Waals surface area contributed by atoms with E-state index in [0.29, 0.717) is 19.3 Å². The Morgan fingerprint density at radius 3 is 0.875 bits per heavy atom. The number of carbonyl (C=O) groups is 1. The minimum absolute atomic E-state index is 0.365. The Hall–Kier alpha value is -1.21. The summed E-state index contributed by atoms with van der Waals surface area (Å²) in [4.78, 5) is 12.6. The minimum atomic E-state index is -1.29. The Kier molecular flexibility index (Phi) is 59.6. The maximum absolute atomic E-state index is 12.6. The maximum Gasteiger partial charge on any atom is 0.249 e. The van der Waals surface area contributed by atoms with Gasteiger partial charge in [-0.15, -0.1) is 0 Å². The lowest BCUT2D eigenvalue weighted by Crippen LogP contribution is -2.53. The van der Waals surface area contributed by atoms with Crippen molar-refractivity contribution >= 4 is 5.91 Å². The van der Waals surface area contributed by atoms with Crippen molar-refractivity contribution in [3.63, 3.8) is 0 Å². The predicted octanol–water partition coefficient (Wildman–Crippen LogP) is 19.8. The summed E-state index contributed by atoms with van der Waals surface area (Å²) in [7, 11) is 0. The standard InChI is InChI=1S/C66H129NO5/c1-3-5-7-9-11-13-15-17-19-21-23-25-27-29-31-32-33-34-36-38-40-42-44-46-48-50-52-54-56-58-60-64(70)66(72)67-62(61-68)65(71)63(69)59-57-55-53-51-49-47-45-43-41-39-37-35-30-28-26-24-22-20-18-16-14-12-10-8-6-4-2/h43,45,51,53,62-65,68-71H,3-42,44,46-50,52,54-61H2,1-2H3,(H,67,72)/b45-43+,53-51+. The van der Waals surface area contributed by atoms with Gasteiger partial charge in [-0.3, -0.25) is 4.79 Å². The van der Waals surface area contributed by atoms with Gasteiger partial charge in [0.15, 0.2) is 0 Å². The Labute approximate surface area is 450 Å². The number of nitrogens with one attached hydrogen (secondary N) is 1. The van der Waals surface area contributed by atoms with Crippen molar-refractivity contribution in [3.05, 3.63) is 24.3 Å². The molecule has 0 aliphatic rings. The van der Waals surface area contributed by atoms with E-state index in [1.165, 1.54) is 289 Å². The molecule has 428 valence electrons. The van der Waals surface area contributed by atoms with Gasteiger partial charge in [-0.1, -0.05) is 334 Å². The number of hydrogen-bond donors (Lipinski definition) is 5. The highest BCUT2D eigenvalue weighted by atomic mass is 16.3. The zero-order chi connectivity index (χ0) is 52.3. The Bertz CT molecular complexity index is 1100. The third-order valence-electron chi connectivity index (χ3n) is 15.6. The van der Waals surface area contributed by atoms with Crippen molar-refractivity contribution < 1.29 is 25.2 Å². The number of hydrogen-bond acceptors (Lipinski definition) is 5. The first-order valence-electron chi connectivity index (χ1n) is 32.7. The number of allylic oxidation sites excluding steroid dienone is 4. The molecule has 6 heteroatoms. The van der Waals surface area contributed by atoms with E-state index in [1.807, 2.05) is 0 Å². The largest absolute Gasteiger partial charge is 0.394 e. The molecule has 0 rings (SSSR count). The molecule has 0 aliphatic heterocycles. The van der Waals surface area contributed by atoms with E-state index >= 15 is 0 Å². The molecule has 0 saturated carbocycles. The fourth-order valence-electron chi connectivity index (χ4n) is 10.5. The lowest BCUT2D eigenvalue weighted by Gasteiger charge is -2.27. The summed E-state index contributed by atoms with van der Waals surface area (Å²) in [6.07, 6.45) is 75.8. The summed E-state index contributed by atoms with van der Waals surface area (Å²) in [6.45, 7) is 4.09. The lowest BCUT2D eigenvalue weighted by atomic mass is 10.00. The van der Waals surface area contributed by atoms with Crippen LogP contribution < -0.4 is 5.32 Å². The van der Waals surface area contributed by atoms with Crippen LogP contribution in [0.1, 0.15) is 361 Å². The van der Waals surface area contributed by atoms with Crippen LogP contribution in [-0.4, -0.2) is 57.3 Å². The quantitative estimate of drug-likeness (QED) is 0.0308. The molecule has 72 heavy (non-hydrogen) atoms. The average Bonchev–Trinajstić information content (AvgIpc) is 3.39. The van der Waals surface area contributed by atoms with Crippen LogP contribution in [0, 0.1) is 0 Å². The third kappa shape index (κ3) is 53.6. The smallest absolute Gasteiger partial charge is 0.249 e. The Morgan fingerprint density at radius 1 is 0.333 bits per heavy atom. The van der Waals surface area contributed by atoms with Gasteiger partial charge in [0.1, 0.15) is 12.2 Å². The zero-order valence-corrected chi connectivity index (χ0v) is 48.7. The minimum Gasteiger partial charge on any atom is -0.394 e. The molecule has 4 unspecified atom stereocenters. The van der Waals surface area contributed by atoms with Crippen molar-refractivity contribution in [2.75, 3.05) is 6.61 Å². The highest BCUT2D eigenvalue weighted by molar-refractivity contribution is 5.80. The van der Waals surface area contributed by atoms with Crippen molar-refractivity contribution in [1.82, 2.24) is 5.32 Å². The fourth-order valence-corrected chi connectivity index (χ4v) is 10.5. The van der Waals surface area contributed by atoms with Crippen LogP contribution in [0.4, 0.5) is 0 Å². The molecule has 0 bridgehead atoms. The maximum atomic E-state index is 12.6. The third-order valence-corrected chi connectivity index (χ3v) is 15.6. The van der Waals surface area contributed by atoms with Crippen molar-refractivity contribution in [3.8, 4) is 0 Å². The van der Waals surface area contributed by atoms with Gasteiger partial charge in [-0.25, -0.2) is 0 Å². The molecule has 0 fully saturated rings. The monoisotopic (exact) mass is 1020 g/mol. The molecular formula is C66H129NO5. The Morgan fingerprint density at radius 2 is 0.583 bits per heavy atom. The first kappa shape index (κ1) is 70.8. The topological polar surface area (TPSA) is 110 Å². The number of carbonyl (C=O) groups excluding carboxylic acids is 1. The molecule has 6 nitrogen and oxygen atoms in total. The summed E-state index contributed by atoms with van der Waals surface area (Å²) < 4.78 is 0. The van der Waals surface area contributed by atoms with Crippen LogP contribution in [-0.2, 0) is 4.79 Å². The molecule has 4 atom stereocenters. The Balaban J connectivity index is 3.59. The SMILES string of the molecule is CCCCCCCCCCCCCCCCCCC/C=C/CC/C=C/CCCC(O)C(O)C(CO)NC(=O)C(O)CCCCCCCCCCCCCCCCCCCCCCCCCCCCCCCC. The first-order valence-corrected chi connectivity index (χ1v) is 32.7. The summed E-state index contributed by atoms with van der Waals surface area (Å²) in [5, 5.41) is 44.1. The molecule has 0 saturated heterocycles. The van der Waals surface area contributed by atoms with Crippen LogP contribution >= 0.6 is 0 Å². The van der Waals surface area contributed by atoms with Crippen LogP contribution in [0.3, 0.4) is 0 Å². The van der Waals surface area contributed by atoms with E-state index in [2.05, 4.69) is 43.5 Å². The van der Waals surface area contributed by atoms with Gasteiger partial charge in [-0.05, 0) is 51.4 Å². The second-order valence-electron chi connectivity index (χ2n) is 22.8. The molecule has 0 radical (unpaired) electrons. The first-order chi connectivity index (χ1) is 35.5. The molecule has 0 aromatic rings. The molecule has 0 aliphatic carbocycles. The summed E-state index contributed by atoms with van der Waals surface area (Å²) in [6, 6.07) is -1.01. The van der Waals surface area contributed by atoms with E-state index in [4.69, 9.17) is 0 Å². The van der Waals surface area contributed by atoms with Gasteiger partial charge in [0.25, 0.3) is 0 Å². The zero-order valence-electron chi connectivity index (χ0n) is 48.7. The van der Waals surface area contributed by atoms with Crippen molar-refractivity contribution in [2.45, 2.75) is 385 Å². The van der Waals surface area contributed by atoms with Crippen LogP contribution in [0.5, 0.6) is 0 Å². The van der Waals surface area contributed by atoms with E-state index in [-0.39, 0.29) is 0 Å². The summed E-state index contributed by atoms with van der Waals surface area (Å²) >= 11 is 0. The highest BCUT2D eigenvalue weighted by Gasteiger charge is 2.28. The van der Waals surface area contributed by atoms with Crippen LogP contribution in [0.2, 0.25) is 0 Å². The molecule has 5 N–H and O–H groups in total. The van der Waals surface area contributed by atoms with E-state index < -0.39 is 36.9 Å². The highest BCUT2D eigenvalue weighted by Crippen LogP contribution is 2.19. The number of aliphatic hydroxyl groups excluding tert-OH is 4. The second kappa shape index (κ2) is 60.7. The molecular weight excluding hydrogens is 887 g/mol. The predicted molar refractivity (Wildman–Crippen MR) is 316 cm³/mol. The van der Waals surface area contributed by atoms with E-state index in [9.17, 15) is 25.2 Å². The van der Waals surface area contributed by atoms with E-state index in [1.54, 1.807) is 0 Å². The molecule has 0 heterocycles. The van der Waals surface area contributed by atoms with Gasteiger partial charge in [0.05, 0.1) is 18.8 Å². The number of unbranched alkanes of at least 4 members (excludes halogenated alkanes) is 48. The summed E-state index contributed by atoms with van der Waals surface area (Å²) in [5.41, 5.74) is 0. The van der Waals surface area contributed by atoms with Crippen LogP contribution in [0.25, 0.3) is 0 Å². The van der Waals surface area contributed by atoms with Gasteiger partial charge in [0, 0.05) is 0 Å². The number of amides is 1. The molecule has 0 spiro atoms. The number of aliphatic hydroxyl groups is 4. The van der Waals surface area contributed by atoms with Gasteiger partial charge >= 0.3 is 0 Å². The number of rotatable bonds is 61. The summed E-state index contributed by atoms with van der Waals surface area (Å²) in [5.74, 6) is -0.590. The normalized spacial score (nSPS) is 13.7. The van der Waals surface area contributed by atoms with Gasteiger partial charge < -0.3 is 25.7 Å². The second-order valence-corrected chi connectivity index (χ2v) is 22.8. The molecule has 1 amide bonds. The molecule has 0 aromatic carbocycles. The van der Waals surface area contributed by atoms with Crippen LogP contribution in [0.15, 0.2) is 24.3 Å². The van der Waals surface area contributed by atoms with E-state index in [0.717, 1.165) is 38.5 Å². The average molecular weight is 1020 g/mol.